The topological polar surface area (TPSA) is 34.1 Å². The molecular formula is C10H18O2Sr. The van der Waals surface area contributed by atoms with Gasteiger partial charge in [0.2, 0.25) is 0 Å². The zero-order chi connectivity index (χ0) is 10.9. The molecule has 0 saturated carbocycles. The van der Waals surface area contributed by atoms with Crippen molar-refractivity contribution >= 4 is 42.5 Å². The van der Waals surface area contributed by atoms with Gasteiger partial charge in [0.15, 0.2) is 0 Å². The third-order valence-electron chi connectivity index (χ3n) is 1.99. The van der Waals surface area contributed by atoms with E-state index in [0.29, 0.717) is 0 Å². The first-order valence-corrected chi connectivity index (χ1v) is 8.09. The summed E-state index contributed by atoms with van der Waals surface area (Å²) >= 11 is -1.89. The SMILES string of the molecule is CC(C)(C)[C](=O)[Sr][C](=O)C(C)(C)C. The van der Waals surface area contributed by atoms with Gasteiger partial charge in [0, 0.05) is 0 Å². The van der Waals surface area contributed by atoms with Gasteiger partial charge in [0.05, 0.1) is 0 Å². The molecule has 3 heteroatoms. The molecule has 0 atom stereocenters. The molecule has 0 aliphatic rings. The second-order valence-electron chi connectivity index (χ2n) is 5.52. The summed E-state index contributed by atoms with van der Waals surface area (Å²) in [5, 5.41) is 0. The average Bonchev–Trinajstić information content (AvgIpc) is 1.82. The fraction of sp³-hybridized carbons (Fsp3) is 0.800. The number of rotatable bonds is 2. The molecule has 0 N–H and O–H groups in total. The molecule has 0 aromatic heterocycles. The van der Waals surface area contributed by atoms with Crippen LogP contribution in [0.25, 0.3) is 0 Å². The van der Waals surface area contributed by atoms with Crippen molar-refractivity contribution in [1.29, 1.82) is 0 Å². The van der Waals surface area contributed by atoms with E-state index in [1.165, 1.54) is 0 Å². The normalized spacial score (nSPS) is 12.2. The summed E-state index contributed by atoms with van der Waals surface area (Å²) < 4.78 is 0.462. The number of hydrogen-bond donors (Lipinski definition) is 0. The van der Waals surface area contributed by atoms with Crippen molar-refractivity contribution < 1.29 is 9.59 Å². The van der Waals surface area contributed by atoms with E-state index in [-0.39, 0.29) is 12.3 Å². The molecule has 0 aliphatic carbocycles. The maximum atomic E-state index is 11.6. The summed E-state index contributed by atoms with van der Waals surface area (Å²) in [7, 11) is 0. The van der Waals surface area contributed by atoms with Crippen LogP contribution >= 0.6 is 0 Å². The number of carbonyl (C=O) groups is 2. The van der Waals surface area contributed by atoms with E-state index in [0.717, 1.165) is 0 Å². The van der Waals surface area contributed by atoms with E-state index in [2.05, 4.69) is 0 Å². The standard InChI is InChI=1S/2C5H9O.Sr/c2*1-5(2,3)4-6;/h2*1-3H3;. The van der Waals surface area contributed by atoms with Crippen LogP contribution in [0.15, 0.2) is 0 Å². The van der Waals surface area contributed by atoms with Gasteiger partial charge in [-0.2, -0.15) is 0 Å². The van der Waals surface area contributed by atoms with Crippen LogP contribution in [0.2, 0.25) is 0 Å². The Labute approximate surface area is 103 Å². The molecule has 0 heterocycles. The Morgan fingerprint density at radius 3 is 1.15 bits per heavy atom. The van der Waals surface area contributed by atoms with Crippen molar-refractivity contribution in [2.24, 2.45) is 10.8 Å². The monoisotopic (exact) mass is 258 g/mol. The summed E-state index contributed by atoms with van der Waals surface area (Å²) in [6.45, 7) is 11.3. The molecule has 0 fully saturated rings. The molecule has 0 spiro atoms. The first kappa shape index (κ1) is 13.8. The van der Waals surface area contributed by atoms with Crippen LogP contribution in [0.5, 0.6) is 0 Å². The van der Waals surface area contributed by atoms with Gasteiger partial charge in [-0.05, 0) is 0 Å². The van der Waals surface area contributed by atoms with E-state index in [1.54, 1.807) is 0 Å². The Kier molecular flexibility index (Phi) is 4.85. The summed E-state index contributed by atoms with van der Waals surface area (Å²) in [6, 6.07) is 0. The number of hydrogen-bond acceptors (Lipinski definition) is 2. The first-order chi connectivity index (χ1) is 5.55. The molecule has 0 rings (SSSR count). The first-order valence-electron chi connectivity index (χ1n) is 4.62. The van der Waals surface area contributed by atoms with Crippen molar-refractivity contribution in [3.05, 3.63) is 0 Å². The van der Waals surface area contributed by atoms with Gasteiger partial charge in [-0.1, -0.05) is 0 Å². The molecule has 0 aromatic carbocycles. The zero-order valence-electron chi connectivity index (χ0n) is 9.52. The van der Waals surface area contributed by atoms with Crippen molar-refractivity contribution in [2.75, 3.05) is 0 Å². The summed E-state index contributed by atoms with van der Waals surface area (Å²) in [6.07, 6.45) is 0. The third kappa shape index (κ3) is 5.31. The molecule has 0 aliphatic heterocycles. The van der Waals surface area contributed by atoms with Crippen molar-refractivity contribution in [3.8, 4) is 0 Å². The molecule has 0 amide bonds. The van der Waals surface area contributed by atoms with E-state index in [1.807, 2.05) is 41.5 Å². The maximum absolute atomic E-state index is 11.6. The molecule has 0 radical (unpaired) electrons. The van der Waals surface area contributed by atoms with Crippen LogP contribution in [0.3, 0.4) is 0 Å². The van der Waals surface area contributed by atoms with Gasteiger partial charge in [-0.3, -0.25) is 0 Å². The summed E-state index contributed by atoms with van der Waals surface area (Å²) in [5.41, 5.74) is -0.617. The molecule has 13 heavy (non-hydrogen) atoms. The molecule has 0 aromatic rings. The van der Waals surface area contributed by atoms with Gasteiger partial charge in [-0.15, -0.1) is 0 Å². The molecule has 2 nitrogen and oxygen atoms in total. The predicted octanol–water partition coefficient (Wildman–Crippen LogP) is 1.84. The van der Waals surface area contributed by atoms with E-state index >= 15 is 0 Å². The zero-order valence-corrected chi connectivity index (χ0v) is 13.0. The second-order valence-corrected chi connectivity index (χ2v) is 9.55. The van der Waals surface area contributed by atoms with E-state index in [4.69, 9.17) is 0 Å². The van der Waals surface area contributed by atoms with Crippen LogP contribution in [0, 0.1) is 10.8 Å². The van der Waals surface area contributed by atoms with E-state index < -0.39 is 41.0 Å². The molecule has 72 valence electrons. The summed E-state index contributed by atoms with van der Waals surface area (Å²) in [5.74, 6) is 0. The van der Waals surface area contributed by atoms with Gasteiger partial charge < -0.3 is 0 Å². The van der Waals surface area contributed by atoms with Gasteiger partial charge in [0.1, 0.15) is 0 Å². The molecule has 0 saturated heterocycles. The molecule has 0 unspecified atom stereocenters. The van der Waals surface area contributed by atoms with Crippen LogP contribution in [0.1, 0.15) is 41.5 Å². The fourth-order valence-corrected chi connectivity index (χ4v) is 4.00. The minimum absolute atomic E-state index is 0.231. The Bertz CT molecular complexity index is 194. The van der Waals surface area contributed by atoms with Crippen LogP contribution < -0.4 is 0 Å². The Morgan fingerprint density at radius 1 is 0.769 bits per heavy atom. The predicted molar refractivity (Wildman–Crippen MR) is 54.7 cm³/mol. The Balaban J connectivity index is 4.34. The molecule has 0 bridgehead atoms. The second kappa shape index (κ2) is 4.56. The Hall–Kier alpha value is 0.821. The quantitative estimate of drug-likeness (QED) is 0.708. The van der Waals surface area contributed by atoms with Crippen LogP contribution in [-0.4, -0.2) is 42.5 Å². The number of carbonyl (C=O) groups excluding carboxylic acids is 2. The Morgan fingerprint density at radius 2 is 1.00 bits per heavy atom. The van der Waals surface area contributed by atoms with Crippen LogP contribution in [-0.2, 0) is 9.59 Å². The van der Waals surface area contributed by atoms with E-state index in [9.17, 15) is 9.59 Å². The van der Waals surface area contributed by atoms with Gasteiger partial charge in [-0.25, -0.2) is 0 Å². The van der Waals surface area contributed by atoms with Gasteiger partial charge in [0.25, 0.3) is 0 Å². The van der Waals surface area contributed by atoms with Crippen molar-refractivity contribution in [1.82, 2.24) is 0 Å². The van der Waals surface area contributed by atoms with Crippen molar-refractivity contribution in [2.45, 2.75) is 41.5 Å². The molecular weight excluding hydrogens is 240 g/mol. The minimum atomic E-state index is -1.89. The van der Waals surface area contributed by atoms with Crippen molar-refractivity contribution in [3.63, 3.8) is 0 Å². The van der Waals surface area contributed by atoms with Crippen LogP contribution in [0.4, 0.5) is 0 Å². The fourth-order valence-electron chi connectivity index (χ4n) is 0.676. The summed E-state index contributed by atoms with van der Waals surface area (Å²) in [4.78, 5) is 23.2. The van der Waals surface area contributed by atoms with Gasteiger partial charge >= 0.3 is 104 Å². The average molecular weight is 258 g/mol. The third-order valence-corrected chi connectivity index (χ3v) is 8.79.